The van der Waals surface area contributed by atoms with Crippen LogP contribution in [0.15, 0.2) is 24.3 Å². The van der Waals surface area contributed by atoms with Crippen molar-refractivity contribution in [3.8, 4) is 0 Å². The van der Waals surface area contributed by atoms with Gasteiger partial charge < -0.3 is 14.2 Å². The molecule has 7 nitrogen and oxygen atoms in total. The third kappa shape index (κ3) is 7.30. The lowest BCUT2D eigenvalue weighted by Gasteiger charge is -2.19. The molecule has 1 aromatic rings. The fourth-order valence-electron chi connectivity index (χ4n) is 1.59. The summed E-state index contributed by atoms with van der Waals surface area (Å²) >= 11 is 0. The van der Waals surface area contributed by atoms with Crippen molar-refractivity contribution in [1.29, 1.82) is 0 Å². The summed E-state index contributed by atoms with van der Waals surface area (Å²) in [6.07, 6.45) is -0.619. The van der Waals surface area contributed by atoms with E-state index in [0.717, 1.165) is 0 Å². The van der Waals surface area contributed by atoms with Crippen molar-refractivity contribution in [2.75, 3.05) is 18.5 Å². The molecule has 1 N–H and O–H groups in total. The molecule has 126 valence electrons. The van der Waals surface area contributed by atoms with Crippen molar-refractivity contribution in [3.63, 3.8) is 0 Å². The van der Waals surface area contributed by atoms with E-state index in [9.17, 15) is 14.4 Å². The summed E-state index contributed by atoms with van der Waals surface area (Å²) in [7, 11) is 0. The van der Waals surface area contributed by atoms with Gasteiger partial charge in [-0.3, -0.25) is 5.32 Å². The third-order valence-electron chi connectivity index (χ3n) is 2.36. The van der Waals surface area contributed by atoms with Crippen LogP contribution in [0.25, 0.3) is 0 Å². The maximum Gasteiger partial charge on any atom is 0.411 e. The minimum Gasteiger partial charge on any atom is -0.457 e. The average molecular weight is 323 g/mol. The first-order valence-corrected chi connectivity index (χ1v) is 7.14. The number of carbonyl (C=O) groups excluding carboxylic acids is 3. The lowest BCUT2D eigenvalue weighted by molar-refractivity contribution is -0.158. The Labute approximate surface area is 134 Å². The summed E-state index contributed by atoms with van der Waals surface area (Å²) in [4.78, 5) is 34.7. The second-order valence-corrected chi connectivity index (χ2v) is 5.59. The van der Waals surface area contributed by atoms with Gasteiger partial charge in [-0.1, -0.05) is 6.07 Å². The highest BCUT2D eigenvalue weighted by molar-refractivity contribution is 5.93. The topological polar surface area (TPSA) is 90.9 Å². The monoisotopic (exact) mass is 323 g/mol. The van der Waals surface area contributed by atoms with E-state index in [1.54, 1.807) is 39.8 Å². The highest BCUT2D eigenvalue weighted by Gasteiger charge is 2.18. The van der Waals surface area contributed by atoms with E-state index in [4.69, 9.17) is 14.2 Å². The molecule has 0 atom stereocenters. The molecule has 0 saturated heterocycles. The van der Waals surface area contributed by atoms with Crippen LogP contribution < -0.4 is 5.32 Å². The Morgan fingerprint density at radius 2 is 1.83 bits per heavy atom. The molecule has 0 saturated carbocycles. The standard InChI is InChI=1S/C16H21NO6/c1-5-21-15(20)17-12-8-6-7-11(9-12)14(19)22-10-13(18)23-16(2,3)4/h6-9H,5,10H2,1-4H3,(H,17,20). The zero-order valence-electron chi connectivity index (χ0n) is 13.7. The first-order chi connectivity index (χ1) is 10.7. The molecule has 1 amide bonds. The van der Waals surface area contributed by atoms with Crippen LogP contribution >= 0.6 is 0 Å². The van der Waals surface area contributed by atoms with Gasteiger partial charge in [0.2, 0.25) is 0 Å². The predicted molar refractivity (Wildman–Crippen MR) is 83.2 cm³/mol. The number of rotatable bonds is 5. The minimum atomic E-state index is -0.691. The SMILES string of the molecule is CCOC(=O)Nc1cccc(C(=O)OCC(=O)OC(C)(C)C)c1. The van der Waals surface area contributed by atoms with E-state index in [1.165, 1.54) is 12.1 Å². The lowest BCUT2D eigenvalue weighted by Crippen LogP contribution is -2.27. The maximum atomic E-state index is 11.9. The molecule has 0 spiro atoms. The highest BCUT2D eigenvalue weighted by Crippen LogP contribution is 2.13. The van der Waals surface area contributed by atoms with Crippen molar-refractivity contribution in [2.24, 2.45) is 0 Å². The van der Waals surface area contributed by atoms with Crippen LogP contribution in [-0.2, 0) is 19.0 Å². The van der Waals surface area contributed by atoms with E-state index < -0.39 is 30.2 Å². The Bertz CT molecular complexity index is 576. The molecule has 1 aromatic carbocycles. The smallest absolute Gasteiger partial charge is 0.411 e. The van der Waals surface area contributed by atoms with Crippen LogP contribution in [0.2, 0.25) is 0 Å². The fraction of sp³-hybridized carbons (Fsp3) is 0.438. The molecule has 0 aliphatic rings. The van der Waals surface area contributed by atoms with Gasteiger partial charge in [-0.05, 0) is 45.9 Å². The first-order valence-electron chi connectivity index (χ1n) is 7.14. The van der Waals surface area contributed by atoms with Gasteiger partial charge in [0.25, 0.3) is 0 Å². The summed E-state index contributed by atoms with van der Waals surface area (Å²) in [5, 5.41) is 2.47. The van der Waals surface area contributed by atoms with Crippen LogP contribution in [0.4, 0.5) is 10.5 Å². The minimum absolute atomic E-state index is 0.197. The van der Waals surface area contributed by atoms with Crippen molar-refractivity contribution in [2.45, 2.75) is 33.3 Å². The Balaban J connectivity index is 2.60. The molecule has 0 fully saturated rings. The Kier molecular flexibility index (Phi) is 6.56. The average Bonchev–Trinajstić information content (AvgIpc) is 2.43. The molecule has 23 heavy (non-hydrogen) atoms. The number of amides is 1. The Morgan fingerprint density at radius 1 is 1.13 bits per heavy atom. The van der Waals surface area contributed by atoms with Crippen LogP contribution in [0.1, 0.15) is 38.1 Å². The van der Waals surface area contributed by atoms with E-state index in [0.29, 0.717) is 5.69 Å². The van der Waals surface area contributed by atoms with Gasteiger partial charge in [0.1, 0.15) is 5.60 Å². The van der Waals surface area contributed by atoms with Gasteiger partial charge in [0.15, 0.2) is 6.61 Å². The summed E-state index contributed by atoms with van der Waals surface area (Å²) < 4.78 is 14.7. The summed E-state index contributed by atoms with van der Waals surface area (Å²) in [6.45, 7) is 6.60. The molecular weight excluding hydrogens is 302 g/mol. The molecule has 1 rings (SSSR count). The van der Waals surface area contributed by atoms with Crippen molar-refractivity contribution in [3.05, 3.63) is 29.8 Å². The van der Waals surface area contributed by atoms with Gasteiger partial charge in [-0.2, -0.15) is 0 Å². The first kappa shape index (κ1) is 18.5. The lowest BCUT2D eigenvalue weighted by atomic mass is 10.2. The number of ether oxygens (including phenoxy) is 3. The van der Waals surface area contributed by atoms with Gasteiger partial charge in [-0.25, -0.2) is 14.4 Å². The van der Waals surface area contributed by atoms with Gasteiger partial charge in [-0.15, -0.1) is 0 Å². The number of hydrogen-bond acceptors (Lipinski definition) is 6. The van der Waals surface area contributed by atoms with Crippen molar-refractivity contribution >= 4 is 23.7 Å². The number of anilines is 1. The Morgan fingerprint density at radius 3 is 2.43 bits per heavy atom. The quantitative estimate of drug-likeness (QED) is 0.662. The van der Waals surface area contributed by atoms with E-state index in [1.807, 2.05) is 0 Å². The molecule has 0 heterocycles. The molecule has 0 bridgehead atoms. The zero-order valence-corrected chi connectivity index (χ0v) is 13.7. The summed E-state index contributed by atoms with van der Waals surface area (Å²) in [6, 6.07) is 6.11. The van der Waals surface area contributed by atoms with Gasteiger partial charge in [0.05, 0.1) is 12.2 Å². The molecule has 0 unspecified atom stereocenters. The second kappa shape index (κ2) is 8.17. The molecule has 0 aliphatic heterocycles. The number of nitrogens with one attached hydrogen (secondary N) is 1. The summed E-state index contributed by atoms with van der Waals surface area (Å²) in [5.41, 5.74) is -0.0644. The van der Waals surface area contributed by atoms with Crippen LogP contribution in [-0.4, -0.2) is 36.8 Å². The Hall–Kier alpha value is -2.57. The van der Waals surface area contributed by atoms with E-state index in [-0.39, 0.29) is 12.2 Å². The highest BCUT2D eigenvalue weighted by atomic mass is 16.6. The van der Waals surface area contributed by atoms with Gasteiger partial charge >= 0.3 is 18.0 Å². The van der Waals surface area contributed by atoms with Crippen LogP contribution in [0, 0.1) is 0 Å². The van der Waals surface area contributed by atoms with Crippen molar-refractivity contribution in [1.82, 2.24) is 0 Å². The maximum absolute atomic E-state index is 11.9. The largest absolute Gasteiger partial charge is 0.457 e. The third-order valence-corrected chi connectivity index (χ3v) is 2.36. The molecule has 0 aliphatic carbocycles. The van der Waals surface area contributed by atoms with Crippen LogP contribution in [0.3, 0.4) is 0 Å². The molecule has 0 radical (unpaired) electrons. The number of esters is 2. The molecular formula is C16H21NO6. The second-order valence-electron chi connectivity index (χ2n) is 5.59. The summed E-state index contributed by atoms with van der Waals surface area (Å²) in [5.74, 6) is -1.32. The van der Waals surface area contributed by atoms with Crippen LogP contribution in [0.5, 0.6) is 0 Å². The number of benzene rings is 1. The number of hydrogen-bond donors (Lipinski definition) is 1. The number of carbonyl (C=O) groups is 3. The predicted octanol–water partition coefficient (Wildman–Crippen LogP) is 2.75. The van der Waals surface area contributed by atoms with Gasteiger partial charge in [0, 0.05) is 5.69 Å². The fourth-order valence-corrected chi connectivity index (χ4v) is 1.59. The zero-order chi connectivity index (χ0) is 17.5. The van der Waals surface area contributed by atoms with Crippen molar-refractivity contribution < 1.29 is 28.6 Å². The van der Waals surface area contributed by atoms with E-state index in [2.05, 4.69) is 5.32 Å². The molecule has 7 heteroatoms. The molecule has 0 aromatic heterocycles. The van der Waals surface area contributed by atoms with E-state index >= 15 is 0 Å². The normalized spacial score (nSPS) is 10.6.